The molecule has 1 aliphatic heterocycles. The van der Waals surface area contributed by atoms with Gasteiger partial charge in [-0.3, -0.25) is 9.59 Å². The summed E-state index contributed by atoms with van der Waals surface area (Å²) in [7, 11) is 0. The first-order chi connectivity index (χ1) is 7.56. The Labute approximate surface area is 97.6 Å². The van der Waals surface area contributed by atoms with Gasteiger partial charge in [-0.2, -0.15) is 0 Å². The van der Waals surface area contributed by atoms with Crippen LogP contribution in [0.5, 0.6) is 0 Å². The highest BCUT2D eigenvalue weighted by Crippen LogP contribution is 2.30. The second-order valence-electron chi connectivity index (χ2n) is 4.22. The third-order valence-corrected chi connectivity index (χ3v) is 3.67. The SMILES string of the molecule is CC(C)c1nc(C2CC(=O)OC(=O)C2)cs1. The van der Waals surface area contributed by atoms with Crippen LogP contribution < -0.4 is 0 Å². The van der Waals surface area contributed by atoms with Crippen molar-refractivity contribution < 1.29 is 14.3 Å². The molecule has 0 saturated carbocycles. The van der Waals surface area contributed by atoms with Crippen molar-refractivity contribution in [2.75, 3.05) is 0 Å². The van der Waals surface area contributed by atoms with Gasteiger partial charge in [-0.05, 0) is 0 Å². The van der Waals surface area contributed by atoms with Gasteiger partial charge in [0.15, 0.2) is 0 Å². The minimum Gasteiger partial charge on any atom is -0.393 e. The van der Waals surface area contributed by atoms with E-state index >= 15 is 0 Å². The predicted octanol–water partition coefficient (Wildman–Crippen LogP) is 2.21. The average Bonchev–Trinajstić information content (AvgIpc) is 2.64. The van der Waals surface area contributed by atoms with Gasteiger partial charge >= 0.3 is 11.9 Å². The molecule has 1 fully saturated rings. The number of thiazole rings is 1. The molecule has 86 valence electrons. The molecular weight excluding hydrogens is 226 g/mol. The van der Waals surface area contributed by atoms with E-state index in [2.05, 4.69) is 23.6 Å². The minimum atomic E-state index is -0.444. The van der Waals surface area contributed by atoms with Gasteiger partial charge in [-0.25, -0.2) is 4.98 Å². The molecule has 0 radical (unpaired) electrons. The fourth-order valence-corrected chi connectivity index (χ4v) is 2.56. The van der Waals surface area contributed by atoms with E-state index in [0.717, 1.165) is 10.7 Å². The first-order valence-electron chi connectivity index (χ1n) is 5.25. The van der Waals surface area contributed by atoms with Crippen molar-refractivity contribution in [3.05, 3.63) is 16.1 Å². The van der Waals surface area contributed by atoms with Gasteiger partial charge in [0.05, 0.1) is 23.5 Å². The molecule has 0 N–H and O–H groups in total. The Balaban J connectivity index is 2.16. The van der Waals surface area contributed by atoms with E-state index < -0.39 is 11.9 Å². The van der Waals surface area contributed by atoms with Crippen molar-refractivity contribution in [1.82, 2.24) is 4.98 Å². The predicted molar refractivity (Wildman–Crippen MR) is 59.3 cm³/mol. The number of ether oxygens (including phenoxy) is 1. The number of carbonyl (C=O) groups excluding carboxylic acids is 2. The zero-order valence-electron chi connectivity index (χ0n) is 9.23. The second-order valence-corrected chi connectivity index (χ2v) is 5.11. The van der Waals surface area contributed by atoms with Crippen molar-refractivity contribution in [3.8, 4) is 0 Å². The normalized spacial score (nSPS) is 17.9. The third-order valence-electron chi connectivity index (χ3n) is 2.51. The summed E-state index contributed by atoms with van der Waals surface area (Å²) in [6, 6.07) is 0. The van der Waals surface area contributed by atoms with Crippen LogP contribution in [0.15, 0.2) is 5.38 Å². The Morgan fingerprint density at radius 2 is 2.00 bits per heavy atom. The van der Waals surface area contributed by atoms with Gasteiger partial charge in [0, 0.05) is 17.2 Å². The highest BCUT2D eigenvalue weighted by atomic mass is 32.1. The molecule has 1 aliphatic rings. The molecule has 0 amide bonds. The summed E-state index contributed by atoms with van der Waals surface area (Å²) in [6.07, 6.45) is 0.514. The number of hydrogen-bond donors (Lipinski definition) is 0. The fraction of sp³-hybridized carbons (Fsp3) is 0.545. The smallest absolute Gasteiger partial charge is 0.314 e. The van der Waals surface area contributed by atoms with E-state index in [1.165, 1.54) is 0 Å². The highest BCUT2D eigenvalue weighted by molar-refractivity contribution is 7.09. The van der Waals surface area contributed by atoms with Crippen LogP contribution in [0, 0.1) is 0 Å². The second kappa shape index (κ2) is 4.33. The number of hydrogen-bond acceptors (Lipinski definition) is 5. The maximum atomic E-state index is 11.1. The van der Waals surface area contributed by atoms with Gasteiger partial charge in [0.1, 0.15) is 0 Å². The molecule has 2 heterocycles. The van der Waals surface area contributed by atoms with Crippen molar-refractivity contribution in [3.63, 3.8) is 0 Å². The molecule has 0 atom stereocenters. The molecule has 0 bridgehead atoms. The van der Waals surface area contributed by atoms with Gasteiger partial charge in [-0.15, -0.1) is 11.3 Å². The largest absolute Gasteiger partial charge is 0.393 e. The zero-order valence-corrected chi connectivity index (χ0v) is 10.0. The fourth-order valence-electron chi connectivity index (χ4n) is 1.65. The number of cyclic esters (lactones) is 2. The standard InChI is InChI=1S/C11H13NO3S/c1-6(2)11-12-8(5-16-11)7-3-9(13)15-10(14)4-7/h5-7H,3-4H2,1-2H3. The average molecular weight is 239 g/mol. The number of nitrogens with zero attached hydrogens (tertiary/aromatic N) is 1. The van der Waals surface area contributed by atoms with E-state index in [4.69, 9.17) is 0 Å². The maximum absolute atomic E-state index is 11.1. The monoisotopic (exact) mass is 239 g/mol. The van der Waals surface area contributed by atoms with Crippen LogP contribution in [0.25, 0.3) is 0 Å². The van der Waals surface area contributed by atoms with Crippen LogP contribution in [-0.2, 0) is 14.3 Å². The van der Waals surface area contributed by atoms with Gasteiger partial charge in [-0.1, -0.05) is 13.8 Å². The summed E-state index contributed by atoms with van der Waals surface area (Å²) in [5, 5.41) is 2.98. The number of esters is 2. The summed E-state index contributed by atoms with van der Waals surface area (Å²) >= 11 is 1.58. The first kappa shape index (κ1) is 11.3. The number of rotatable bonds is 2. The van der Waals surface area contributed by atoms with Crippen LogP contribution in [0.2, 0.25) is 0 Å². The van der Waals surface area contributed by atoms with Crippen molar-refractivity contribution in [2.45, 2.75) is 38.5 Å². The summed E-state index contributed by atoms with van der Waals surface area (Å²) in [4.78, 5) is 26.7. The van der Waals surface area contributed by atoms with E-state index in [-0.39, 0.29) is 18.8 Å². The van der Waals surface area contributed by atoms with Gasteiger partial charge in [0.2, 0.25) is 0 Å². The topological polar surface area (TPSA) is 56.3 Å². The third kappa shape index (κ3) is 2.29. The van der Waals surface area contributed by atoms with Crippen LogP contribution in [0.4, 0.5) is 0 Å². The van der Waals surface area contributed by atoms with E-state index in [1.54, 1.807) is 11.3 Å². The maximum Gasteiger partial charge on any atom is 0.314 e. The summed E-state index contributed by atoms with van der Waals surface area (Å²) in [6.45, 7) is 4.14. The molecule has 1 aromatic rings. The minimum absolute atomic E-state index is 0.0995. The van der Waals surface area contributed by atoms with Gasteiger partial charge < -0.3 is 4.74 Å². The molecular formula is C11H13NO3S. The van der Waals surface area contributed by atoms with Crippen molar-refractivity contribution >= 4 is 23.3 Å². The van der Waals surface area contributed by atoms with Crippen molar-refractivity contribution in [1.29, 1.82) is 0 Å². The number of aromatic nitrogens is 1. The Morgan fingerprint density at radius 1 is 1.38 bits per heavy atom. The molecule has 2 rings (SSSR count). The molecule has 16 heavy (non-hydrogen) atoms. The zero-order chi connectivity index (χ0) is 11.7. The van der Waals surface area contributed by atoms with Crippen molar-refractivity contribution in [2.24, 2.45) is 0 Å². The molecule has 0 aromatic carbocycles. The van der Waals surface area contributed by atoms with Crippen LogP contribution >= 0.6 is 11.3 Å². The summed E-state index contributed by atoms with van der Waals surface area (Å²) in [5.41, 5.74) is 0.846. The molecule has 0 spiro atoms. The molecule has 0 aliphatic carbocycles. The Kier molecular flexibility index (Phi) is 3.05. The lowest BCUT2D eigenvalue weighted by molar-refractivity contribution is -0.164. The van der Waals surface area contributed by atoms with Crippen LogP contribution in [0.3, 0.4) is 0 Å². The summed E-state index contributed by atoms with van der Waals surface area (Å²) < 4.78 is 4.49. The van der Waals surface area contributed by atoms with E-state index in [1.807, 2.05) is 5.38 Å². The molecule has 1 saturated heterocycles. The van der Waals surface area contributed by atoms with E-state index in [0.29, 0.717) is 5.92 Å². The lowest BCUT2D eigenvalue weighted by atomic mass is 9.96. The van der Waals surface area contributed by atoms with Crippen LogP contribution in [0.1, 0.15) is 49.2 Å². The lowest BCUT2D eigenvalue weighted by Gasteiger charge is -2.17. The molecule has 4 nitrogen and oxygen atoms in total. The summed E-state index contributed by atoms with van der Waals surface area (Å²) in [5.74, 6) is -0.608. The number of carbonyl (C=O) groups is 2. The molecule has 5 heteroatoms. The Hall–Kier alpha value is -1.23. The Bertz CT molecular complexity index is 409. The van der Waals surface area contributed by atoms with Gasteiger partial charge in [0.25, 0.3) is 0 Å². The van der Waals surface area contributed by atoms with E-state index in [9.17, 15) is 9.59 Å². The lowest BCUT2D eigenvalue weighted by Crippen LogP contribution is -2.24. The quantitative estimate of drug-likeness (QED) is 0.586. The molecule has 1 aromatic heterocycles. The Morgan fingerprint density at radius 3 is 2.50 bits per heavy atom. The highest BCUT2D eigenvalue weighted by Gasteiger charge is 2.29. The first-order valence-corrected chi connectivity index (χ1v) is 6.13. The molecule has 0 unspecified atom stereocenters. The van der Waals surface area contributed by atoms with Crippen LogP contribution in [-0.4, -0.2) is 16.9 Å².